The van der Waals surface area contributed by atoms with Crippen LogP contribution < -0.4 is 11.1 Å². The molecule has 3 N–H and O–H groups in total. The molecule has 0 aliphatic rings. The van der Waals surface area contributed by atoms with E-state index >= 15 is 0 Å². The molecule has 0 radical (unpaired) electrons. The van der Waals surface area contributed by atoms with Crippen molar-refractivity contribution in [1.82, 2.24) is 9.97 Å². The lowest BCUT2D eigenvalue weighted by molar-refractivity contribution is 0.0972. The van der Waals surface area contributed by atoms with Gasteiger partial charge in [0.2, 0.25) is 0 Å². The van der Waals surface area contributed by atoms with Gasteiger partial charge in [0.25, 0.3) is 5.91 Å². The number of hydrogen-bond donors (Lipinski definition) is 2. The molecular formula is C14H14N4O2S. The molecule has 0 aliphatic carbocycles. The highest BCUT2D eigenvalue weighted by Crippen LogP contribution is 2.25. The predicted molar refractivity (Wildman–Crippen MR) is 81.3 cm³/mol. The van der Waals surface area contributed by atoms with Crippen LogP contribution in [0, 0.1) is 0 Å². The van der Waals surface area contributed by atoms with E-state index in [1.54, 1.807) is 23.5 Å². The van der Waals surface area contributed by atoms with Gasteiger partial charge >= 0.3 is 0 Å². The maximum absolute atomic E-state index is 11.0. The summed E-state index contributed by atoms with van der Waals surface area (Å²) in [5, 5.41) is 6.20. The van der Waals surface area contributed by atoms with E-state index in [9.17, 15) is 4.79 Å². The summed E-state index contributed by atoms with van der Waals surface area (Å²) in [5.41, 5.74) is 5.16. The standard InChI is InChI=1S/C14H14N4O2S/c1-2-11-17-13(9-5-6-21-14(9)18-11)16-7-8-3-4-10(20-8)12(15)19/h3-6H,2,7H2,1H3,(H2,15,19)(H,16,17,18). The van der Waals surface area contributed by atoms with Gasteiger partial charge in [-0.15, -0.1) is 11.3 Å². The normalized spacial score (nSPS) is 10.9. The van der Waals surface area contributed by atoms with Crippen LogP contribution in [0.25, 0.3) is 10.2 Å². The molecular weight excluding hydrogens is 288 g/mol. The zero-order valence-corrected chi connectivity index (χ0v) is 12.2. The molecule has 7 heteroatoms. The zero-order valence-electron chi connectivity index (χ0n) is 11.4. The number of anilines is 1. The van der Waals surface area contributed by atoms with Gasteiger partial charge in [-0.1, -0.05) is 6.92 Å². The van der Waals surface area contributed by atoms with Crippen LogP contribution in [0.3, 0.4) is 0 Å². The number of nitrogens with one attached hydrogen (secondary N) is 1. The minimum atomic E-state index is -0.572. The Balaban J connectivity index is 1.83. The number of nitrogens with two attached hydrogens (primary N) is 1. The summed E-state index contributed by atoms with van der Waals surface area (Å²) in [6, 6.07) is 5.27. The summed E-state index contributed by atoms with van der Waals surface area (Å²) in [4.78, 5) is 20.9. The molecule has 0 spiro atoms. The molecule has 6 nitrogen and oxygen atoms in total. The van der Waals surface area contributed by atoms with E-state index in [0.717, 1.165) is 28.3 Å². The van der Waals surface area contributed by atoms with Crippen molar-refractivity contribution >= 4 is 33.3 Å². The van der Waals surface area contributed by atoms with Crippen LogP contribution in [0.15, 0.2) is 28.0 Å². The highest BCUT2D eigenvalue weighted by molar-refractivity contribution is 7.16. The van der Waals surface area contributed by atoms with Gasteiger partial charge in [0.1, 0.15) is 22.2 Å². The summed E-state index contributed by atoms with van der Waals surface area (Å²) in [7, 11) is 0. The Bertz CT molecular complexity index is 793. The first-order valence-electron chi connectivity index (χ1n) is 6.54. The molecule has 108 valence electrons. The van der Waals surface area contributed by atoms with Gasteiger partial charge in [0.15, 0.2) is 5.76 Å². The molecule has 0 fully saturated rings. The Kier molecular flexibility index (Phi) is 3.57. The maximum Gasteiger partial charge on any atom is 0.284 e. The molecule has 1 amide bonds. The lowest BCUT2D eigenvalue weighted by Gasteiger charge is -2.06. The Hall–Kier alpha value is -2.41. The molecule has 3 aromatic heterocycles. The molecule has 3 rings (SSSR count). The molecule has 3 heterocycles. The summed E-state index contributed by atoms with van der Waals surface area (Å²) in [5.74, 6) is 1.78. The van der Waals surface area contributed by atoms with Crippen LogP contribution in [0.1, 0.15) is 29.1 Å². The first-order valence-corrected chi connectivity index (χ1v) is 7.42. The van der Waals surface area contributed by atoms with E-state index < -0.39 is 5.91 Å². The van der Waals surface area contributed by atoms with Gasteiger partial charge < -0.3 is 15.5 Å². The van der Waals surface area contributed by atoms with E-state index in [-0.39, 0.29) is 5.76 Å². The van der Waals surface area contributed by atoms with Crippen molar-refractivity contribution in [2.24, 2.45) is 5.73 Å². The topological polar surface area (TPSA) is 94.0 Å². The number of carbonyl (C=O) groups is 1. The van der Waals surface area contributed by atoms with Crippen LogP contribution in [0.4, 0.5) is 5.82 Å². The van der Waals surface area contributed by atoms with E-state index in [1.165, 1.54) is 0 Å². The molecule has 3 aromatic rings. The first kappa shape index (κ1) is 13.6. The molecule has 0 aromatic carbocycles. The number of furan rings is 1. The minimum Gasteiger partial charge on any atom is -0.454 e. The minimum absolute atomic E-state index is 0.157. The number of nitrogens with zero attached hydrogens (tertiary/aromatic N) is 2. The quantitative estimate of drug-likeness (QED) is 0.755. The number of aryl methyl sites for hydroxylation is 1. The van der Waals surface area contributed by atoms with Crippen LogP contribution in [0.2, 0.25) is 0 Å². The third-order valence-electron chi connectivity index (χ3n) is 3.02. The van der Waals surface area contributed by atoms with Crippen molar-refractivity contribution in [3.05, 3.63) is 40.9 Å². The Morgan fingerprint density at radius 3 is 2.95 bits per heavy atom. The average Bonchev–Trinajstić information content (AvgIpc) is 3.13. The molecule has 0 bridgehead atoms. The second-order valence-electron chi connectivity index (χ2n) is 4.47. The largest absolute Gasteiger partial charge is 0.454 e. The average molecular weight is 302 g/mol. The van der Waals surface area contributed by atoms with Crippen molar-refractivity contribution in [3.8, 4) is 0 Å². The van der Waals surface area contributed by atoms with Gasteiger partial charge in [-0.2, -0.15) is 0 Å². The second kappa shape index (κ2) is 5.53. The van der Waals surface area contributed by atoms with E-state index in [4.69, 9.17) is 10.2 Å². The third kappa shape index (κ3) is 2.73. The fourth-order valence-corrected chi connectivity index (χ4v) is 2.75. The third-order valence-corrected chi connectivity index (χ3v) is 3.83. The van der Waals surface area contributed by atoms with Gasteiger partial charge in [-0.3, -0.25) is 4.79 Å². The number of primary amides is 1. The number of fused-ring (bicyclic) bond motifs is 1. The fraction of sp³-hybridized carbons (Fsp3) is 0.214. The van der Waals surface area contributed by atoms with Crippen LogP contribution in [-0.4, -0.2) is 15.9 Å². The van der Waals surface area contributed by atoms with Gasteiger partial charge in [-0.25, -0.2) is 9.97 Å². The number of thiophene rings is 1. The summed E-state index contributed by atoms with van der Waals surface area (Å²) in [6.07, 6.45) is 0.773. The lowest BCUT2D eigenvalue weighted by Crippen LogP contribution is -2.09. The van der Waals surface area contributed by atoms with Crippen molar-refractivity contribution in [2.75, 3.05) is 5.32 Å². The highest BCUT2D eigenvalue weighted by Gasteiger charge is 2.10. The number of hydrogen-bond acceptors (Lipinski definition) is 6. The van der Waals surface area contributed by atoms with Crippen molar-refractivity contribution in [2.45, 2.75) is 19.9 Å². The molecule has 21 heavy (non-hydrogen) atoms. The smallest absolute Gasteiger partial charge is 0.284 e. The molecule has 0 saturated carbocycles. The van der Waals surface area contributed by atoms with Crippen molar-refractivity contribution in [1.29, 1.82) is 0 Å². The molecule has 0 aliphatic heterocycles. The van der Waals surface area contributed by atoms with Gasteiger partial charge in [0, 0.05) is 6.42 Å². The van der Waals surface area contributed by atoms with Crippen molar-refractivity contribution < 1.29 is 9.21 Å². The number of carbonyl (C=O) groups excluding carboxylic acids is 1. The van der Waals surface area contributed by atoms with Crippen LogP contribution in [0.5, 0.6) is 0 Å². The highest BCUT2D eigenvalue weighted by atomic mass is 32.1. The van der Waals surface area contributed by atoms with Crippen LogP contribution >= 0.6 is 11.3 Å². The summed E-state index contributed by atoms with van der Waals surface area (Å²) < 4.78 is 5.34. The van der Waals surface area contributed by atoms with E-state index in [1.807, 2.05) is 18.4 Å². The zero-order chi connectivity index (χ0) is 14.8. The molecule has 0 atom stereocenters. The molecule has 0 saturated heterocycles. The second-order valence-corrected chi connectivity index (χ2v) is 5.36. The fourth-order valence-electron chi connectivity index (χ4n) is 1.97. The SMILES string of the molecule is CCc1nc(NCc2ccc(C(N)=O)o2)c2ccsc2n1. The Morgan fingerprint density at radius 1 is 1.38 bits per heavy atom. The number of amides is 1. The van der Waals surface area contributed by atoms with E-state index in [2.05, 4.69) is 15.3 Å². The maximum atomic E-state index is 11.0. The number of aromatic nitrogens is 2. The van der Waals surface area contributed by atoms with Crippen LogP contribution in [-0.2, 0) is 13.0 Å². The van der Waals surface area contributed by atoms with E-state index in [0.29, 0.717) is 12.3 Å². The summed E-state index contributed by atoms with van der Waals surface area (Å²) in [6.45, 7) is 2.45. The monoisotopic (exact) mass is 302 g/mol. The Morgan fingerprint density at radius 2 is 2.24 bits per heavy atom. The molecule has 0 unspecified atom stereocenters. The predicted octanol–water partition coefficient (Wildman–Crippen LogP) is 2.56. The Labute approximate surface area is 125 Å². The van der Waals surface area contributed by atoms with Gasteiger partial charge in [0.05, 0.1) is 11.9 Å². The van der Waals surface area contributed by atoms with Gasteiger partial charge in [-0.05, 0) is 23.6 Å². The number of rotatable bonds is 5. The lowest BCUT2D eigenvalue weighted by atomic mass is 10.3. The first-order chi connectivity index (χ1) is 10.2. The summed E-state index contributed by atoms with van der Waals surface area (Å²) >= 11 is 1.58. The van der Waals surface area contributed by atoms with Crippen molar-refractivity contribution in [3.63, 3.8) is 0 Å².